The fourth-order valence-electron chi connectivity index (χ4n) is 2.52. The molecule has 0 aliphatic rings. The van der Waals surface area contributed by atoms with Crippen molar-refractivity contribution in [3.05, 3.63) is 42.0 Å². The molecule has 25 heavy (non-hydrogen) atoms. The lowest BCUT2D eigenvalue weighted by atomic mass is 10.0. The molecule has 0 saturated carbocycles. The lowest BCUT2D eigenvalue weighted by molar-refractivity contribution is 0.145. The van der Waals surface area contributed by atoms with E-state index < -0.39 is 0 Å². The summed E-state index contributed by atoms with van der Waals surface area (Å²) in [6.45, 7) is 6.17. The van der Waals surface area contributed by atoms with Gasteiger partial charge < -0.3 is 14.8 Å². The first-order chi connectivity index (χ1) is 12.2. The molecular weight excluding hydrogens is 334 g/mol. The summed E-state index contributed by atoms with van der Waals surface area (Å²) in [7, 11) is 1.68. The summed E-state index contributed by atoms with van der Waals surface area (Å²) in [6.07, 6.45) is 0.904. The van der Waals surface area contributed by atoms with E-state index in [-0.39, 0.29) is 0 Å². The average Bonchev–Trinajstić information content (AvgIpc) is 2.65. The highest BCUT2D eigenvalue weighted by atomic mass is 32.1. The molecule has 6 heteroatoms. The van der Waals surface area contributed by atoms with E-state index in [1.165, 1.54) is 0 Å². The summed E-state index contributed by atoms with van der Waals surface area (Å²) in [4.78, 5) is 0. The molecule has 0 spiro atoms. The number of nitrogens with one attached hydrogen (secondary N) is 2. The van der Waals surface area contributed by atoms with Crippen molar-refractivity contribution in [1.82, 2.24) is 10.7 Å². The minimum Gasteiger partial charge on any atom is -0.496 e. The predicted molar refractivity (Wildman–Crippen MR) is 108 cm³/mol. The fourth-order valence-corrected chi connectivity index (χ4v) is 2.67. The minimum absolute atomic E-state index is 0.508. The minimum atomic E-state index is 0.508. The molecule has 134 valence electrons. The number of rotatable bonds is 8. The normalized spacial score (nSPS) is 11.4. The van der Waals surface area contributed by atoms with Gasteiger partial charge in [-0.15, -0.1) is 0 Å². The summed E-state index contributed by atoms with van der Waals surface area (Å²) in [5.74, 6) is 0.853. The Bertz CT molecular complexity index is 747. The Morgan fingerprint density at radius 3 is 2.64 bits per heavy atom. The maximum Gasteiger partial charge on any atom is 0.186 e. The first-order valence-corrected chi connectivity index (χ1v) is 8.80. The van der Waals surface area contributed by atoms with Gasteiger partial charge in [-0.2, -0.15) is 5.10 Å². The second kappa shape index (κ2) is 9.96. The van der Waals surface area contributed by atoms with E-state index in [0.29, 0.717) is 5.11 Å². The van der Waals surface area contributed by atoms with Crippen molar-refractivity contribution in [3.8, 4) is 5.75 Å². The van der Waals surface area contributed by atoms with Crippen LogP contribution < -0.4 is 15.5 Å². The Balaban J connectivity index is 2.03. The third-order valence-corrected chi connectivity index (χ3v) is 4.01. The van der Waals surface area contributed by atoms with Crippen molar-refractivity contribution in [1.29, 1.82) is 0 Å². The van der Waals surface area contributed by atoms with Crippen molar-refractivity contribution < 1.29 is 9.47 Å². The molecular formula is C19H25N3O2S. The van der Waals surface area contributed by atoms with E-state index >= 15 is 0 Å². The quantitative estimate of drug-likeness (QED) is 0.327. The van der Waals surface area contributed by atoms with Gasteiger partial charge in [0.2, 0.25) is 0 Å². The second-order valence-corrected chi connectivity index (χ2v) is 5.88. The summed E-state index contributed by atoms with van der Waals surface area (Å²) in [5, 5.41) is 10.2. The zero-order valence-electron chi connectivity index (χ0n) is 15.0. The van der Waals surface area contributed by atoms with E-state index in [2.05, 4.69) is 21.9 Å². The predicted octanol–water partition coefficient (Wildman–Crippen LogP) is 3.46. The van der Waals surface area contributed by atoms with Crippen LogP contribution in [-0.4, -0.2) is 37.7 Å². The van der Waals surface area contributed by atoms with Gasteiger partial charge in [-0.05, 0) is 50.0 Å². The maximum atomic E-state index is 5.44. The molecule has 0 saturated heterocycles. The van der Waals surface area contributed by atoms with Crippen LogP contribution in [0.5, 0.6) is 5.75 Å². The van der Waals surface area contributed by atoms with Crippen LogP contribution in [0, 0.1) is 0 Å². The van der Waals surface area contributed by atoms with Gasteiger partial charge in [-0.1, -0.05) is 24.3 Å². The van der Waals surface area contributed by atoms with Gasteiger partial charge in [0, 0.05) is 30.7 Å². The van der Waals surface area contributed by atoms with E-state index in [1.54, 1.807) is 7.11 Å². The molecule has 0 aliphatic carbocycles. The molecule has 2 N–H and O–H groups in total. The van der Waals surface area contributed by atoms with Gasteiger partial charge in [0.25, 0.3) is 0 Å². The van der Waals surface area contributed by atoms with Gasteiger partial charge in [-0.25, -0.2) is 0 Å². The summed E-state index contributed by atoms with van der Waals surface area (Å²) < 4.78 is 10.7. The summed E-state index contributed by atoms with van der Waals surface area (Å²) in [6, 6.07) is 12.1. The molecule has 0 aliphatic heterocycles. The van der Waals surface area contributed by atoms with Crippen LogP contribution in [0.2, 0.25) is 0 Å². The number of hydrogen-bond acceptors (Lipinski definition) is 4. The summed E-state index contributed by atoms with van der Waals surface area (Å²) >= 11 is 5.25. The maximum absolute atomic E-state index is 5.44. The Kier molecular flexibility index (Phi) is 7.63. The number of nitrogens with zero attached hydrogens (tertiary/aromatic N) is 1. The van der Waals surface area contributed by atoms with Crippen LogP contribution in [0.25, 0.3) is 10.8 Å². The molecule has 2 rings (SSSR count). The molecule has 0 radical (unpaired) electrons. The highest BCUT2D eigenvalue weighted by Gasteiger charge is 2.08. The Labute approximate surface area is 154 Å². The van der Waals surface area contributed by atoms with Gasteiger partial charge in [0.05, 0.1) is 12.8 Å². The van der Waals surface area contributed by atoms with E-state index in [4.69, 9.17) is 21.7 Å². The zero-order valence-corrected chi connectivity index (χ0v) is 15.8. The third kappa shape index (κ3) is 5.41. The van der Waals surface area contributed by atoms with Crippen LogP contribution in [0.4, 0.5) is 0 Å². The van der Waals surface area contributed by atoms with E-state index in [0.717, 1.165) is 54.0 Å². The van der Waals surface area contributed by atoms with Crippen LogP contribution in [0.1, 0.15) is 25.8 Å². The first-order valence-electron chi connectivity index (χ1n) is 8.39. The first kappa shape index (κ1) is 19.1. The standard InChI is InChI=1S/C19H25N3O2S/c1-4-24-13-7-12-20-19(25)22-21-14(2)15-10-11-18(23-3)17-9-6-5-8-16(15)17/h5-6,8-11H,4,7,12-13H2,1-3H3,(H2,20,22,25)/b21-14-. The van der Waals surface area contributed by atoms with Crippen LogP contribution in [0.3, 0.4) is 0 Å². The fraction of sp³-hybridized carbons (Fsp3) is 0.368. The molecule has 5 nitrogen and oxygen atoms in total. The Morgan fingerprint density at radius 2 is 1.92 bits per heavy atom. The Hall–Kier alpha value is -2.18. The van der Waals surface area contributed by atoms with E-state index in [9.17, 15) is 0 Å². The number of hydrazone groups is 1. The average molecular weight is 359 g/mol. The van der Waals surface area contributed by atoms with Crippen molar-refractivity contribution in [2.24, 2.45) is 5.10 Å². The number of benzene rings is 2. The van der Waals surface area contributed by atoms with Crippen molar-refractivity contribution >= 4 is 33.8 Å². The molecule has 0 aromatic heterocycles. The molecule has 2 aromatic carbocycles. The zero-order chi connectivity index (χ0) is 18.1. The van der Waals surface area contributed by atoms with Gasteiger partial charge >= 0.3 is 0 Å². The van der Waals surface area contributed by atoms with Crippen molar-refractivity contribution in [2.75, 3.05) is 26.9 Å². The van der Waals surface area contributed by atoms with E-state index in [1.807, 2.05) is 44.2 Å². The highest BCUT2D eigenvalue weighted by molar-refractivity contribution is 7.80. The molecule has 0 atom stereocenters. The van der Waals surface area contributed by atoms with Crippen molar-refractivity contribution in [3.63, 3.8) is 0 Å². The topological polar surface area (TPSA) is 54.9 Å². The molecule has 0 fully saturated rings. The van der Waals surface area contributed by atoms with Gasteiger partial charge in [0.1, 0.15) is 5.75 Å². The monoisotopic (exact) mass is 359 g/mol. The smallest absolute Gasteiger partial charge is 0.186 e. The lowest BCUT2D eigenvalue weighted by Gasteiger charge is -2.11. The van der Waals surface area contributed by atoms with Gasteiger partial charge in [-0.3, -0.25) is 5.43 Å². The number of fused-ring (bicyclic) bond motifs is 1. The molecule has 0 unspecified atom stereocenters. The largest absolute Gasteiger partial charge is 0.496 e. The molecule has 2 aromatic rings. The third-order valence-electron chi connectivity index (χ3n) is 3.77. The van der Waals surface area contributed by atoms with Crippen LogP contribution >= 0.6 is 12.2 Å². The number of methoxy groups -OCH3 is 1. The number of ether oxygens (including phenoxy) is 2. The van der Waals surface area contributed by atoms with Gasteiger partial charge in [0.15, 0.2) is 5.11 Å². The Morgan fingerprint density at radius 1 is 1.16 bits per heavy atom. The van der Waals surface area contributed by atoms with Crippen LogP contribution in [-0.2, 0) is 4.74 Å². The molecule has 0 amide bonds. The second-order valence-electron chi connectivity index (χ2n) is 5.48. The SMILES string of the molecule is CCOCCCNC(=S)N/N=C(/C)c1ccc(OC)c2ccccc12. The highest BCUT2D eigenvalue weighted by Crippen LogP contribution is 2.28. The van der Waals surface area contributed by atoms with Crippen LogP contribution in [0.15, 0.2) is 41.5 Å². The number of thiocarbonyl (C=S) groups is 1. The summed E-state index contributed by atoms with van der Waals surface area (Å²) in [5.41, 5.74) is 4.80. The molecule has 0 bridgehead atoms. The number of hydrogen-bond donors (Lipinski definition) is 2. The molecule has 0 heterocycles. The lowest BCUT2D eigenvalue weighted by Crippen LogP contribution is -2.33. The van der Waals surface area contributed by atoms with Crippen molar-refractivity contribution in [2.45, 2.75) is 20.3 Å².